The van der Waals surface area contributed by atoms with Gasteiger partial charge in [0.05, 0.1) is 12.8 Å². The number of carbonyl (C=O) groups is 6. The number of carboxylic acids is 4. The maximum Gasteiger partial charge on any atom is 0.330 e. The molecule has 2 amide bonds. The van der Waals surface area contributed by atoms with Crippen molar-refractivity contribution in [2.45, 2.75) is 37.8 Å². The van der Waals surface area contributed by atoms with Crippen LogP contribution in [0.5, 0.6) is 0 Å². The Morgan fingerprint density at radius 2 is 1.36 bits per heavy atom. The molecule has 0 aliphatic heterocycles. The maximum absolute atomic E-state index is 11.5. The first-order valence-electron chi connectivity index (χ1n) is 6.65. The summed E-state index contributed by atoms with van der Waals surface area (Å²) in [5.74, 6) is -8.05. The van der Waals surface area contributed by atoms with Gasteiger partial charge in [-0.25, -0.2) is 9.59 Å². The highest BCUT2D eigenvalue weighted by molar-refractivity contribution is 5.89. The van der Waals surface area contributed by atoms with Gasteiger partial charge in [-0.3, -0.25) is 19.2 Å². The van der Waals surface area contributed by atoms with Crippen LogP contribution in [0.4, 0.5) is 0 Å². The van der Waals surface area contributed by atoms with E-state index in [4.69, 9.17) is 20.4 Å². The fraction of sp³-hybridized carbons (Fsp3) is 0.500. The monoisotopic (exact) mass is 361 g/mol. The Kier molecular flexibility index (Phi) is 9.00. The molecule has 0 heterocycles. The molecule has 2 atom stereocenters. The van der Waals surface area contributed by atoms with Crippen molar-refractivity contribution in [2.24, 2.45) is 10.2 Å². The normalized spacial score (nSPS) is 13.0. The van der Waals surface area contributed by atoms with Crippen molar-refractivity contribution in [1.29, 1.82) is 0 Å². The molecule has 0 radical (unpaired) electrons. The van der Waals surface area contributed by atoms with Gasteiger partial charge in [-0.05, 0) is 0 Å². The Hall–Kier alpha value is -3.38. The largest absolute Gasteiger partial charge is 0.481 e. The highest BCUT2D eigenvalue weighted by atomic mass is 16.4. The lowest BCUT2D eigenvalue weighted by molar-refractivity contribution is -0.147. The van der Waals surface area contributed by atoms with Crippen LogP contribution in [0, 0.1) is 0 Å². The molecule has 13 heteroatoms. The Labute approximate surface area is 139 Å². The lowest BCUT2D eigenvalue weighted by Crippen LogP contribution is -2.42. The zero-order chi connectivity index (χ0) is 19.6. The van der Waals surface area contributed by atoms with Crippen molar-refractivity contribution >= 4 is 35.7 Å². The van der Waals surface area contributed by atoms with Crippen molar-refractivity contribution in [1.82, 2.24) is 5.32 Å². The van der Waals surface area contributed by atoms with E-state index in [0.29, 0.717) is 0 Å². The number of hydrogen-bond acceptors (Lipinski definition) is 7. The van der Waals surface area contributed by atoms with Crippen LogP contribution < -0.4 is 5.32 Å². The Morgan fingerprint density at radius 1 is 0.800 bits per heavy atom. The van der Waals surface area contributed by atoms with Gasteiger partial charge in [-0.1, -0.05) is 0 Å². The van der Waals surface area contributed by atoms with Crippen molar-refractivity contribution in [3.63, 3.8) is 0 Å². The van der Waals surface area contributed by atoms with Crippen LogP contribution in [-0.4, -0.2) is 68.2 Å². The molecule has 0 fully saturated rings. The van der Waals surface area contributed by atoms with E-state index in [-0.39, 0.29) is 0 Å². The Balaban J connectivity index is 4.52. The van der Waals surface area contributed by atoms with E-state index in [1.165, 1.54) is 0 Å². The van der Waals surface area contributed by atoms with Crippen LogP contribution in [-0.2, 0) is 28.8 Å². The van der Waals surface area contributed by atoms with Gasteiger partial charge in [-0.15, -0.1) is 5.11 Å². The third-order valence-corrected chi connectivity index (χ3v) is 2.54. The molecule has 0 saturated carbocycles. The molecule has 0 aromatic carbocycles. The molecule has 13 nitrogen and oxygen atoms in total. The molecule has 138 valence electrons. The van der Waals surface area contributed by atoms with E-state index in [1.54, 1.807) is 0 Å². The fourth-order valence-corrected chi connectivity index (χ4v) is 1.39. The second-order valence-electron chi connectivity index (χ2n) is 4.62. The minimum atomic E-state index is -1.76. The third-order valence-electron chi connectivity index (χ3n) is 2.54. The number of carbonyl (C=O) groups excluding carboxylic acids is 2. The van der Waals surface area contributed by atoms with Crippen LogP contribution in [0.15, 0.2) is 10.2 Å². The smallest absolute Gasteiger partial charge is 0.330 e. The van der Waals surface area contributed by atoms with Crippen molar-refractivity contribution in [3.8, 4) is 0 Å². The Bertz CT molecular complexity index is 600. The quantitative estimate of drug-likeness (QED) is 0.274. The molecule has 0 saturated heterocycles. The minimum absolute atomic E-state index is 0.544. The van der Waals surface area contributed by atoms with Crippen molar-refractivity contribution < 1.29 is 49.2 Å². The number of amides is 2. The highest BCUT2D eigenvalue weighted by Crippen LogP contribution is 2.02. The number of nitrogens with one attached hydrogen (secondary N) is 1. The molecule has 5 N–H and O–H groups in total. The molecule has 0 aliphatic carbocycles. The number of aliphatic carboxylic acids is 4. The topological polar surface area (TPSA) is 220 Å². The molecule has 0 spiro atoms. The summed E-state index contributed by atoms with van der Waals surface area (Å²) in [6.07, 6.45) is -2.85. The van der Waals surface area contributed by atoms with Gasteiger partial charge >= 0.3 is 23.9 Å². The van der Waals surface area contributed by atoms with Crippen LogP contribution in [0.1, 0.15) is 25.7 Å². The van der Waals surface area contributed by atoms with Crippen LogP contribution >= 0.6 is 0 Å². The number of rotatable bonds is 11. The summed E-state index contributed by atoms with van der Waals surface area (Å²) in [4.78, 5) is 65.2. The van der Waals surface area contributed by atoms with E-state index >= 15 is 0 Å². The summed E-state index contributed by atoms with van der Waals surface area (Å²) in [7, 11) is 0. The zero-order valence-electron chi connectivity index (χ0n) is 12.6. The second kappa shape index (κ2) is 10.4. The molecule has 0 aromatic heterocycles. The molecule has 25 heavy (non-hydrogen) atoms. The first-order chi connectivity index (χ1) is 11.5. The third kappa shape index (κ3) is 10.1. The number of azo groups is 1. The van der Waals surface area contributed by atoms with Gasteiger partial charge in [0.15, 0.2) is 6.04 Å². The van der Waals surface area contributed by atoms with E-state index in [9.17, 15) is 28.8 Å². The van der Waals surface area contributed by atoms with Gasteiger partial charge in [0, 0.05) is 12.8 Å². The predicted octanol–water partition coefficient (Wildman–Crippen LogP) is -1.28. The molecule has 0 aromatic rings. The van der Waals surface area contributed by atoms with Gasteiger partial charge in [0.25, 0.3) is 5.91 Å². The molecule has 2 unspecified atom stereocenters. The molecule has 0 rings (SSSR count). The summed E-state index contributed by atoms with van der Waals surface area (Å²) in [5, 5.41) is 42.3. The SMILES string of the molecule is O=C(O)CC(N=NC(=O)CCC(=O)NC(CC(=O)O)C(=O)O)C(=O)O. The average molecular weight is 361 g/mol. The van der Waals surface area contributed by atoms with Gasteiger partial charge in [-0.2, -0.15) is 5.11 Å². The molecular weight excluding hydrogens is 346 g/mol. The molecular formula is C12H15N3O10. The van der Waals surface area contributed by atoms with Gasteiger partial charge in [0.1, 0.15) is 6.04 Å². The minimum Gasteiger partial charge on any atom is -0.481 e. The van der Waals surface area contributed by atoms with E-state index in [0.717, 1.165) is 0 Å². The number of carboxylic acid groups (broad SMARTS) is 4. The lowest BCUT2D eigenvalue weighted by atomic mass is 10.2. The maximum atomic E-state index is 11.5. The summed E-state index contributed by atoms with van der Waals surface area (Å²) >= 11 is 0. The average Bonchev–Trinajstić information content (AvgIpc) is 2.47. The van der Waals surface area contributed by atoms with Crippen LogP contribution in [0.25, 0.3) is 0 Å². The van der Waals surface area contributed by atoms with Crippen molar-refractivity contribution in [3.05, 3.63) is 0 Å². The van der Waals surface area contributed by atoms with Gasteiger partial charge < -0.3 is 25.7 Å². The summed E-state index contributed by atoms with van der Waals surface area (Å²) in [5.41, 5.74) is 0. The van der Waals surface area contributed by atoms with E-state index in [2.05, 4.69) is 10.2 Å². The first kappa shape index (κ1) is 21.6. The summed E-state index contributed by atoms with van der Waals surface area (Å²) in [6.45, 7) is 0. The van der Waals surface area contributed by atoms with Gasteiger partial charge in [0.2, 0.25) is 5.91 Å². The number of nitrogens with zero attached hydrogens (tertiary/aromatic N) is 2. The standard InChI is InChI=1S/C12H15N3O10/c16-7(13-5(11(22)23)3-9(18)19)1-2-8(17)15-14-6(12(24)25)4-10(20)21/h5-6H,1-4H2,(H,13,16)(H,18,19)(H,20,21)(H,22,23)(H,24,25). The second-order valence-corrected chi connectivity index (χ2v) is 4.62. The van der Waals surface area contributed by atoms with Crippen LogP contribution in [0.2, 0.25) is 0 Å². The lowest BCUT2D eigenvalue weighted by Gasteiger charge is -2.11. The fourth-order valence-electron chi connectivity index (χ4n) is 1.39. The van der Waals surface area contributed by atoms with E-state index in [1.807, 2.05) is 5.32 Å². The zero-order valence-corrected chi connectivity index (χ0v) is 12.6. The summed E-state index contributed by atoms with van der Waals surface area (Å²) in [6, 6.07) is -3.43. The highest BCUT2D eigenvalue weighted by Gasteiger charge is 2.23. The van der Waals surface area contributed by atoms with Crippen molar-refractivity contribution in [2.75, 3.05) is 0 Å². The van der Waals surface area contributed by atoms with E-state index < -0.39 is 73.5 Å². The first-order valence-corrected chi connectivity index (χ1v) is 6.65. The summed E-state index contributed by atoms with van der Waals surface area (Å²) < 4.78 is 0. The predicted molar refractivity (Wildman–Crippen MR) is 74.6 cm³/mol. The number of hydrogen-bond donors (Lipinski definition) is 5. The molecule has 0 aliphatic rings. The molecule has 0 bridgehead atoms. The van der Waals surface area contributed by atoms with Crippen LogP contribution in [0.3, 0.4) is 0 Å². The Morgan fingerprint density at radius 3 is 1.80 bits per heavy atom.